The van der Waals surface area contributed by atoms with Crippen molar-refractivity contribution >= 4 is 27.8 Å². The summed E-state index contributed by atoms with van der Waals surface area (Å²) in [7, 11) is 1.36. The van der Waals surface area contributed by atoms with Crippen molar-refractivity contribution in [2.75, 3.05) is 7.11 Å². The minimum Gasteiger partial charge on any atom is -0.468 e. The Labute approximate surface area is 126 Å². The molecule has 0 saturated carbocycles. The molecule has 0 bridgehead atoms. The number of hydrogen-bond donors (Lipinski definition) is 1. The molecule has 1 saturated heterocycles. The van der Waals surface area contributed by atoms with Gasteiger partial charge in [-0.15, -0.1) is 0 Å². The largest absolute Gasteiger partial charge is 0.468 e. The Morgan fingerprint density at radius 1 is 1.35 bits per heavy atom. The first-order valence-electron chi connectivity index (χ1n) is 6.41. The van der Waals surface area contributed by atoms with E-state index in [0.29, 0.717) is 19.4 Å². The number of primary amides is 1. The Morgan fingerprint density at radius 2 is 2.00 bits per heavy atom. The fourth-order valence-corrected chi connectivity index (χ4v) is 3.01. The molecule has 2 N–H and O–H groups in total. The van der Waals surface area contributed by atoms with Gasteiger partial charge in [0.05, 0.1) is 13.2 Å². The topological polar surface area (TPSA) is 72.6 Å². The summed E-state index contributed by atoms with van der Waals surface area (Å²) in [6.45, 7) is 0.481. The van der Waals surface area contributed by atoms with Crippen LogP contribution in [0, 0.1) is 0 Å². The van der Waals surface area contributed by atoms with Crippen molar-refractivity contribution in [3.8, 4) is 0 Å². The first-order valence-corrected chi connectivity index (χ1v) is 7.20. The van der Waals surface area contributed by atoms with Gasteiger partial charge in [-0.25, -0.2) is 0 Å². The highest BCUT2D eigenvalue weighted by Crippen LogP contribution is 2.29. The summed E-state index contributed by atoms with van der Waals surface area (Å²) in [5.41, 5.74) is 6.45. The second-order valence-corrected chi connectivity index (χ2v) is 5.65. The van der Waals surface area contributed by atoms with Crippen molar-refractivity contribution in [2.24, 2.45) is 5.73 Å². The van der Waals surface area contributed by atoms with Crippen molar-refractivity contribution in [3.05, 3.63) is 34.3 Å². The fraction of sp³-hybridized carbons (Fsp3) is 0.429. The standard InChI is InChI=1S/C14H17BrN2O3/c1-20-14(19)12-7-6-11(13(16)18)17(12)8-9-4-2-3-5-10(9)15/h2-5,11-12H,6-8H2,1H3,(H2,16,18)/t11-,12+/m0/s1. The van der Waals surface area contributed by atoms with E-state index in [1.165, 1.54) is 7.11 Å². The third-order valence-electron chi connectivity index (χ3n) is 3.63. The Hall–Kier alpha value is -1.40. The van der Waals surface area contributed by atoms with E-state index in [4.69, 9.17) is 10.5 Å². The summed E-state index contributed by atoms with van der Waals surface area (Å²) in [4.78, 5) is 25.2. The highest BCUT2D eigenvalue weighted by molar-refractivity contribution is 9.10. The zero-order chi connectivity index (χ0) is 14.7. The van der Waals surface area contributed by atoms with Gasteiger partial charge in [0.25, 0.3) is 0 Å². The molecule has 0 unspecified atom stereocenters. The number of ether oxygens (including phenoxy) is 1. The van der Waals surface area contributed by atoms with E-state index in [1.807, 2.05) is 29.2 Å². The fourth-order valence-electron chi connectivity index (χ4n) is 2.60. The van der Waals surface area contributed by atoms with E-state index in [2.05, 4.69) is 15.9 Å². The summed E-state index contributed by atoms with van der Waals surface area (Å²) in [5.74, 6) is -0.718. The molecule has 1 heterocycles. The molecule has 1 aromatic carbocycles. The van der Waals surface area contributed by atoms with Crippen LogP contribution >= 0.6 is 15.9 Å². The molecular formula is C14H17BrN2O3. The lowest BCUT2D eigenvalue weighted by atomic mass is 10.1. The Bertz CT molecular complexity index is 521. The van der Waals surface area contributed by atoms with Gasteiger partial charge in [-0.1, -0.05) is 34.1 Å². The molecule has 5 nitrogen and oxygen atoms in total. The number of esters is 1. The number of rotatable bonds is 4. The van der Waals surface area contributed by atoms with Crippen molar-refractivity contribution in [1.29, 1.82) is 0 Å². The van der Waals surface area contributed by atoms with Gasteiger partial charge in [0.1, 0.15) is 6.04 Å². The van der Waals surface area contributed by atoms with Gasteiger partial charge in [0.2, 0.25) is 5.91 Å². The second kappa shape index (κ2) is 6.37. The maximum atomic E-state index is 11.8. The third kappa shape index (κ3) is 3.02. The van der Waals surface area contributed by atoms with Gasteiger partial charge in [0.15, 0.2) is 0 Å². The number of carbonyl (C=O) groups excluding carboxylic acids is 2. The molecule has 0 spiro atoms. The molecule has 1 aliphatic rings. The normalized spacial score (nSPS) is 22.7. The number of hydrogen-bond acceptors (Lipinski definition) is 4. The molecule has 1 aliphatic heterocycles. The van der Waals surface area contributed by atoms with Crippen LogP contribution in [0.4, 0.5) is 0 Å². The molecule has 1 amide bonds. The van der Waals surface area contributed by atoms with Crippen LogP contribution in [0.3, 0.4) is 0 Å². The number of likely N-dealkylation sites (tertiary alicyclic amines) is 1. The predicted molar refractivity (Wildman–Crippen MR) is 77.7 cm³/mol. The minimum absolute atomic E-state index is 0.319. The lowest BCUT2D eigenvalue weighted by molar-refractivity contribution is -0.147. The molecular weight excluding hydrogens is 324 g/mol. The molecule has 0 aromatic heterocycles. The molecule has 0 radical (unpaired) electrons. The first-order chi connectivity index (χ1) is 9.54. The van der Waals surface area contributed by atoms with Crippen LogP contribution in [0.2, 0.25) is 0 Å². The SMILES string of the molecule is COC(=O)[C@H]1CC[C@@H](C(N)=O)N1Cc1ccccc1Br. The molecule has 0 aliphatic carbocycles. The van der Waals surface area contributed by atoms with Crippen LogP contribution in [0.15, 0.2) is 28.7 Å². The maximum absolute atomic E-state index is 11.8. The Kier molecular flexibility index (Phi) is 4.77. The molecule has 2 rings (SSSR count). The maximum Gasteiger partial charge on any atom is 0.323 e. The number of carbonyl (C=O) groups is 2. The van der Waals surface area contributed by atoms with Gasteiger partial charge in [-0.2, -0.15) is 0 Å². The van der Waals surface area contributed by atoms with Crippen LogP contribution in [-0.4, -0.2) is 36.0 Å². The lowest BCUT2D eigenvalue weighted by Crippen LogP contribution is -2.46. The summed E-state index contributed by atoms with van der Waals surface area (Å²) < 4.78 is 5.76. The van der Waals surface area contributed by atoms with Gasteiger partial charge in [-0.3, -0.25) is 14.5 Å². The molecule has 1 fully saturated rings. The Morgan fingerprint density at radius 3 is 2.60 bits per heavy atom. The summed E-state index contributed by atoms with van der Waals surface area (Å²) in [6.07, 6.45) is 1.17. The number of amides is 1. The van der Waals surface area contributed by atoms with Crippen LogP contribution in [-0.2, 0) is 20.9 Å². The van der Waals surface area contributed by atoms with Crippen LogP contribution in [0.5, 0.6) is 0 Å². The van der Waals surface area contributed by atoms with Gasteiger partial charge >= 0.3 is 5.97 Å². The number of halogens is 1. The van der Waals surface area contributed by atoms with E-state index in [-0.39, 0.29) is 5.97 Å². The van der Waals surface area contributed by atoms with Crippen molar-refractivity contribution < 1.29 is 14.3 Å². The molecule has 20 heavy (non-hydrogen) atoms. The smallest absolute Gasteiger partial charge is 0.323 e. The van der Waals surface area contributed by atoms with Crippen molar-refractivity contribution in [1.82, 2.24) is 4.90 Å². The van der Waals surface area contributed by atoms with E-state index >= 15 is 0 Å². The van der Waals surface area contributed by atoms with E-state index < -0.39 is 18.0 Å². The van der Waals surface area contributed by atoms with E-state index in [0.717, 1.165) is 10.0 Å². The molecule has 108 valence electrons. The lowest BCUT2D eigenvalue weighted by Gasteiger charge is -2.27. The van der Waals surface area contributed by atoms with Gasteiger partial charge in [-0.05, 0) is 24.5 Å². The summed E-state index contributed by atoms with van der Waals surface area (Å²) in [6, 6.07) is 6.88. The number of methoxy groups -OCH3 is 1. The van der Waals surface area contributed by atoms with Gasteiger partial charge < -0.3 is 10.5 Å². The van der Waals surface area contributed by atoms with E-state index in [1.54, 1.807) is 0 Å². The average molecular weight is 341 g/mol. The van der Waals surface area contributed by atoms with Crippen molar-refractivity contribution in [2.45, 2.75) is 31.5 Å². The number of nitrogens with zero attached hydrogens (tertiary/aromatic N) is 1. The number of nitrogens with two attached hydrogens (primary N) is 1. The molecule has 1 aromatic rings. The highest BCUT2D eigenvalue weighted by Gasteiger charge is 2.41. The third-order valence-corrected chi connectivity index (χ3v) is 4.40. The molecule has 2 atom stereocenters. The summed E-state index contributed by atoms with van der Waals surface area (Å²) in [5, 5.41) is 0. The zero-order valence-electron chi connectivity index (χ0n) is 11.2. The van der Waals surface area contributed by atoms with Crippen molar-refractivity contribution in [3.63, 3.8) is 0 Å². The van der Waals surface area contributed by atoms with E-state index in [9.17, 15) is 9.59 Å². The number of benzene rings is 1. The zero-order valence-corrected chi connectivity index (χ0v) is 12.8. The van der Waals surface area contributed by atoms with Crippen LogP contribution < -0.4 is 5.73 Å². The first kappa shape index (κ1) is 15.0. The Balaban J connectivity index is 2.25. The van der Waals surface area contributed by atoms with Crippen LogP contribution in [0.1, 0.15) is 18.4 Å². The molecule has 6 heteroatoms. The summed E-state index contributed by atoms with van der Waals surface area (Å²) >= 11 is 3.48. The second-order valence-electron chi connectivity index (χ2n) is 4.80. The average Bonchev–Trinajstić information content (AvgIpc) is 2.84. The monoisotopic (exact) mass is 340 g/mol. The quantitative estimate of drug-likeness (QED) is 0.842. The predicted octanol–water partition coefficient (Wildman–Crippen LogP) is 1.44. The highest BCUT2D eigenvalue weighted by atomic mass is 79.9. The minimum atomic E-state index is -0.425. The van der Waals surface area contributed by atoms with Crippen LogP contribution in [0.25, 0.3) is 0 Å². The van der Waals surface area contributed by atoms with Gasteiger partial charge in [0, 0.05) is 11.0 Å².